The van der Waals surface area contributed by atoms with Gasteiger partial charge in [-0.25, -0.2) is 4.79 Å². The summed E-state index contributed by atoms with van der Waals surface area (Å²) in [6.45, 7) is 6.41. The molecule has 1 aliphatic heterocycles. The zero-order valence-corrected chi connectivity index (χ0v) is 13.5. The van der Waals surface area contributed by atoms with Crippen LogP contribution in [0.1, 0.15) is 26.3 Å². The average Bonchev–Trinajstić information content (AvgIpc) is 2.53. The Morgan fingerprint density at radius 2 is 2.09 bits per heavy atom. The predicted octanol–water partition coefficient (Wildman–Crippen LogP) is 3.96. The number of para-hydroxylation sites is 1. The number of carbonyl (C=O) groups is 1. The first-order chi connectivity index (χ1) is 10.9. The summed E-state index contributed by atoms with van der Waals surface area (Å²) in [5.74, 6) is 0. The molecule has 23 heavy (non-hydrogen) atoms. The van der Waals surface area contributed by atoms with E-state index in [1.165, 1.54) is 4.90 Å². The van der Waals surface area contributed by atoms with Crippen molar-refractivity contribution in [1.82, 2.24) is 9.88 Å². The van der Waals surface area contributed by atoms with Gasteiger partial charge in [-0.1, -0.05) is 39.0 Å². The first-order valence-electron chi connectivity index (χ1n) is 7.57. The lowest BCUT2D eigenvalue weighted by atomic mass is 9.88. The maximum absolute atomic E-state index is 11.7. The summed E-state index contributed by atoms with van der Waals surface area (Å²) in [5, 5.41) is 10.5. The van der Waals surface area contributed by atoms with E-state index in [4.69, 9.17) is 4.74 Å². The van der Waals surface area contributed by atoms with Crippen molar-refractivity contribution in [1.29, 1.82) is 0 Å². The second-order valence-electron chi connectivity index (χ2n) is 6.80. The smallest absolute Gasteiger partial charge is 0.412 e. The Kier molecular flexibility index (Phi) is 3.72. The Morgan fingerprint density at radius 3 is 2.78 bits per heavy atom. The third-order valence-corrected chi connectivity index (χ3v) is 4.07. The van der Waals surface area contributed by atoms with E-state index in [-0.39, 0.29) is 11.5 Å². The molecule has 2 heterocycles. The van der Waals surface area contributed by atoms with E-state index in [9.17, 15) is 9.90 Å². The van der Waals surface area contributed by atoms with E-state index >= 15 is 0 Å². The van der Waals surface area contributed by atoms with Crippen LogP contribution >= 0.6 is 0 Å². The third-order valence-electron chi connectivity index (χ3n) is 4.07. The summed E-state index contributed by atoms with van der Waals surface area (Å²) >= 11 is 0. The van der Waals surface area contributed by atoms with E-state index in [0.717, 1.165) is 16.5 Å². The highest BCUT2D eigenvalue weighted by Gasteiger charge is 2.35. The SMILES string of the molecule is CC(C)(C)C1CN(C(=O)O)C(c2cnc3ccccc3c2)=CO1. The fourth-order valence-corrected chi connectivity index (χ4v) is 2.61. The lowest BCUT2D eigenvalue weighted by Gasteiger charge is -2.38. The molecule has 0 bridgehead atoms. The number of hydrogen-bond donors (Lipinski definition) is 1. The van der Waals surface area contributed by atoms with Gasteiger partial charge in [-0.05, 0) is 12.1 Å². The van der Waals surface area contributed by atoms with Gasteiger partial charge >= 0.3 is 6.09 Å². The fourth-order valence-electron chi connectivity index (χ4n) is 2.61. The lowest BCUT2D eigenvalue weighted by molar-refractivity contribution is 0.0144. The summed E-state index contributed by atoms with van der Waals surface area (Å²) < 4.78 is 5.81. The maximum atomic E-state index is 11.7. The van der Waals surface area contributed by atoms with Crippen molar-refractivity contribution in [3.8, 4) is 0 Å². The van der Waals surface area contributed by atoms with E-state index < -0.39 is 6.09 Å². The number of benzene rings is 1. The van der Waals surface area contributed by atoms with Crippen LogP contribution < -0.4 is 0 Å². The van der Waals surface area contributed by atoms with Crippen molar-refractivity contribution in [2.75, 3.05) is 6.54 Å². The maximum Gasteiger partial charge on any atom is 0.412 e. The topological polar surface area (TPSA) is 62.7 Å². The summed E-state index contributed by atoms with van der Waals surface area (Å²) in [5.41, 5.74) is 2.00. The predicted molar refractivity (Wildman–Crippen MR) is 88.8 cm³/mol. The molecule has 1 aliphatic rings. The van der Waals surface area contributed by atoms with E-state index in [2.05, 4.69) is 4.98 Å². The molecule has 1 unspecified atom stereocenters. The molecule has 120 valence electrons. The molecular formula is C18H20N2O3. The minimum atomic E-state index is -0.984. The van der Waals surface area contributed by atoms with Crippen LogP contribution in [-0.4, -0.2) is 33.7 Å². The molecule has 0 aliphatic carbocycles. The number of nitrogens with zero attached hydrogens (tertiary/aromatic N) is 2. The van der Waals surface area contributed by atoms with Gasteiger partial charge in [0.25, 0.3) is 0 Å². The molecule has 1 amide bonds. The van der Waals surface area contributed by atoms with Crippen molar-refractivity contribution in [2.45, 2.75) is 26.9 Å². The first kappa shape index (κ1) is 15.3. The van der Waals surface area contributed by atoms with Gasteiger partial charge < -0.3 is 9.84 Å². The monoisotopic (exact) mass is 312 g/mol. The van der Waals surface area contributed by atoms with Gasteiger partial charge in [-0.2, -0.15) is 0 Å². The van der Waals surface area contributed by atoms with Crippen molar-refractivity contribution in [2.24, 2.45) is 5.41 Å². The van der Waals surface area contributed by atoms with Gasteiger partial charge in [0.15, 0.2) is 0 Å². The number of hydrogen-bond acceptors (Lipinski definition) is 3. The molecule has 5 heteroatoms. The molecule has 3 rings (SSSR count). The molecule has 0 radical (unpaired) electrons. The van der Waals surface area contributed by atoms with Crippen LogP contribution in [0.5, 0.6) is 0 Å². The van der Waals surface area contributed by atoms with Crippen LogP contribution in [0.2, 0.25) is 0 Å². The molecule has 0 spiro atoms. The Bertz CT molecular complexity index is 777. The standard InChI is InChI=1S/C18H20N2O3/c1-18(2,3)16-10-20(17(21)22)15(11-23-16)13-8-12-6-4-5-7-14(12)19-9-13/h4-9,11,16H,10H2,1-3H3,(H,21,22). The molecule has 1 aromatic heterocycles. The molecule has 0 saturated heterocycles. The normalized spacial score (nSPS) is 18.5. The van der Waals surface area contributed by atoms with Crippen LogP contribution in [-0.2, 0) is 4.74 Å². The summed E-state index contributed by atoms with van der Waals surface area (Å²) in [4.78, 5) is 17.4. The largest absolute Gasteiger partial charge is 0.493 e. The van der Waals surface area contributed by atoms with Crippen LogP contribution in [0.15, 0.2) is 42.8 Å². The van der Waals surface area contributed by atoms with Gasteiger partial charge in [-0.15, -0.1) is 0 Å². The lowest BCUT2D eigenvalue weighted by Crippen LogP contribution is -2.44. The van der Waals surface area contributed by atoms with Crippen LogP contribution in [0.3, 0.4) is 0 Å². The Hall–Kier alpha value is -2.56. The van der Waals surface area contributed by atoms with Gasteiger partial charge in [0.1, 0.15) is 12.4 Å². The van der Waals surface area contributed by atoms with E-state index in [1.54, 1.807) is 12.5 Å². The quantitative estimate of drug-likeness (QED) is 0.866. The molecule has 0 saturated carbocycles. The minimum absolute atomic E-state index is 0.142. The van der Waals surface area contributed by atoms with Gasteiger partial charge in [0.2, 0.25) is 0 Å². The van der Waals surface area contributed by atoms with Crippen molar-refractivity contribution < 1.29 is 14.6 Å². The number of amides is 1. The second kappa shape index (κ2) is 5.57. The molecule has 1 atom stereocenters. The van der Waals surface area contributed by atoms with E-state index in [0.29, 0.717) is 12.2 Å². The zero-order valence-electron chi connectivity index (χ0n) is 13.5. The van der Waals surface area contributed by atoms with Gasteiger partial charge in [0, 0.05) is 22.6 Å². The zero-order chi connectivity index (χ0) is 16.6. The van der Waals surface area contributed by atoms with E-state index in [1.807, 2.05) is 51.1 Å². The summed E-state index contributed by atoms with van der Waals surface area (Å²) in [6.07, 6.45) is 2.06. The highest BCUT2D eigenvalue weighted by atomic mass is 16.5. The van der Waals surface area contributed by atoms with Crippen LogP contribution in [0.25, 0.3) is 16.6 Å². The third kappa shape index (κ3) is 2.99. The average molecular weight is 312 g/mol. The number of rotatable bonds is 1. The highest BCUT2D eigenvalue weighted by Crippen LogP contribution is 2.32. The number of pyridine rings is 1. The number of aromatic nitrogens is 1. The fraction of sp³-hybridized carbons (Fsp3) is 0.333. The molecule has 5 nitrogen and oxygen atoms in total. The van der Waals surface area contributed by atoms with Crippen LogP contribution in [0.4, 0.5) is 4.79 Å². The van der Waals surface area contributed by atoms with Crippen LogP contribution in [0, 0.1) is 5.41 Å². The second-order valence-corrected chi connectivity index (χ2v) is 6.80. The Labute approximate surface area is 135 Å². The number of carboxylic acid groups (broad SMARTS) is 1. The van der Waals surface area contributed by atoms with Crippen molar-refractivity contribution in [3.63, 3.8) is 0 Å². The molecule has 1 N–H and O–H groups in total. The summed E-state index contributed by atoms with van der Waals surface area (Å²) in [6, 6.07) is 9.68. The minimum Gasteiger partial charge on any atom is -0.493 e. The van der Waals surface area contributed by atoms with Gasteiger partial charge in [-0.3, -0.25) is 9.88 Å². The Morgan fingerprint density at radius 1 is 1.35 bits per heavy atom. The molecule has 0 fully saturated rings. The molecular weight excluding hydrogens is 292 g/mol. The van der Waals surface area contributed by atoms with Crippen molar-refractivity contribution >= 4 is 22.7 Å². The van der Waals surface area contributed by atoms with Crippen molar-refractivity contribution in [3.05, 3.63) is 48.4 Å². The highest BCUT2D eigenvalue weighted by molar-refractivity contribution is 5.86. The Balaban J connectivity index is 2.01. The first-order valence-corrected chi connectivity index (χ1v) is 7.57. The number of fused-ring (bicyclic) bond motifs is 1. The summed E-state index contributed by atoms with van der Waals surface area (Å²) in [7, 11) is 0. The van der Waals surface area contributed by atoms with Gasteiger partial charge in [0.05, 0.1) is 17.8 Å². The molecule has 2 aromatic rings. The molecule has 1 aromatic carbocycles. The number of ether oxygens (including phenoxy) is 1.